The summed E-state index contributed by atoms with van der Waals surface area (Å²) in [5.41, 5.74) is 1.56. The summed E-state index contributed by atoms with van der Waals surface area (Å²) in [5.74, 6) is -1.39. The molecule has 1 heterocycles. The van der Waals surface area contributed by atoms with Gasteiger partial charge in [-0.1, -0.05) is 26.0 Å². The number of hydrogen-bond acceptors (Lipinski definition) is 5. The third kappa shape index (κ3) is 5.56. The van der Waals surface area contributed by atoms with Crippen molar-refractivity contribution in [2.75, 3.05) is 18.5 Å². The van der Waals surface area contributed by atoms with Crippen molar-refractivity contribution < 1.29 is 23.9 Å². The first-order valence-corrected chi connectivity index (χ1v) is 9.69. The van der Waals surface area contributed by atoms with Gasteiger partial charge in [-0.2, -0.15) is 0 Å². The standard InChI is InChI=1S/C21H29N3O5/c1-13(2)9-10-21(5)19(27)24(20(28)23-21)11-18(26)29-12-17(25)22-16-8-6-7-14(3)15(16)4/h6-8,13H,9-12H2,1-5H3,(H,22,25)(H,23,28)/t21-/m1/s1. The summed E-state index contributed by atoms with van der Waals surface area (Å²) in [4.78, 5) is 49.7. The van der Waals surface area contributed by atoms with Crippen LogP contribution in [0, 0.1) is 19.8 Å². The quantitative estimate of drug-likeness (QED) is 0.513. The van der Waals surface area contributed by atoms with Crippen LogP contribution in [0.5, 0.6) is 0 Å². The fourth-order valence-electron chi connectivity index (χ4n) is 3.03. The SMILES string of the molecule is Cc1cccc(NC(=O)COC(=O)CN2C(=O)N[C@](C)(CCC(C)C)C2=O)c1C. The molecule has 1 aliphatic rings. The lowest BCUT2D eigenvalue weighted by molar-refractivity contribution is -0.150. The summed E-state index contributed by atoms with van der Waals surface area (Å²) >= 11 is 0. The maximum absolute atomic E-state index is 12.6. The molecule has 1 fully saturated rings. The number of rotatable bonds is 8. The van der Waals surface area contributed by atoms with Gasteiger partial charge in [0.2, 0.25) is 0 Å². The van der Waals surface area contributed by atoms with E-state index in [0.717, 1.165) is 22.4 Å². The second-order valence-corrected chi connectivity index (χ2v) is 8.04. The zero-order valence-corrected chi connectivity index (χ0v) is 17.6. The molecule has 1 aliphatic heterocycles. The van der Waals surface area contributed by atoms with Gasteiger partial charge in [0.1, 0.15) is 12.1 Å². The van der Waals surface area contributed by atoms with Gasteiger partial charge >= 0.3 is 12.0 Å². The predicted molar refractivity (Wildman–Crippen MR) is 108 cm³/mol. The molecule has 0 saturated carbocycles. The number of nitrogens with one attached hydrogen (secondary N) is 2. The molecular weight excluding hydrogens is 374 g/mol. The van der Waals surface area contributed by atoms with E-state index in [1.807, 2.05) is 39.8 Å². The lowest BCUT2D eigenvalue weighted by atomic mass is 9.92. The molecule has 158 valence electrons. The molecule has 2 rings (SSSR count). The van der Waals surface area contributed by atoms with Crippen molar-refractivity contribution in [2.45, 2.75) is 53.0 Å². The van der Waals surface area contributed by atoms with E-state index in [1.54, 1.807) is 13.0 Å². The highest BCUT2D eigenvalue weighted by Crippen LogP contribution is 2.24. The van der Waals surface area contributed by atoms with Gasteiger partial charge in [-0.3, -0.25) is 19.3 Å². The molecule has 1 saturated heterocycles. The van der Waals surface area contributed by atoms with Gasteiger partial charge in [0.15, 0.2) is 6.61 Å². The van der Waals surface area contributed by atoms with Crippen molar-refractivity contribution in [3.05, 3.63) is 29.3 Å². The molecule has 4 amide bonds. The van der Waals surface area contributed by atoms with Crippen LogP contribution in [-0.2, 0) is 19.1 Å². The zero-order chi connectivity index (χ0) is 21.8. The number of imide groups is 1. The van der Waals surface area contributed by atoms with Crippen molar-refractivity contribution in [3.8, 4) is 0 Å². The van der Waals surface area contributed by atoms with Crippen LogP contribution in [-0.4, -0.2) is 47.4 Å². The fourth-order valence-corrected chi connectivity index (χ4v) is 3.03. The van der Waals surface area contributed by atoms with Gasteiger partial charge in [-0.15, -0.1) is 0 Å². The number of carbonyl (C=O) groups excluding carboxylic acids is 4. The minimum atomic E-state index is -1.03. The van der Waals surface area contributed by atoms with E-state index in [0.29, 0.717) is 18.0 Å². The number of hydrogen-bond donors (Lipinski definition) is 2. The molecule has 1 aromatic rings. The van der Waals surface area contributed by atoms with Gasteiger partial charge < -0.3 is 15.4 Å². The van der Waals surface area contributed by atoms with Crippen LogP contribution in [0.15, 0.2) is 18.2 Å². The van der Waals surface area contributed by atoms with Crippen LogP contribution < -0.4 is 10.6 Å². The molecule has 0 radical (unpaired) electrons. The molecule has 0 bridgehead atoms. The molecule has 0 aromatic heterocycles. The highest BCUT2D eigenvalue weighted by atomic mass is 16.5. The Balaban J connectivity index is 1.87. The van der Waals surface area contributed by atoms with E-state index in [-0.39, 0.29) is 0 Å². The van der Waals surface area contributed by atoms with Gasteiger partial charge in [-0.25, -0.2) is 4.79 Å². The van der Waals surface area contributed by atoms with Gasteiger partial charge in [0.25, 0.3) is 11.8 Å². The number of esters is 1. The molecule has 2 N–H and O–H groups in total. The number of nitrogens with zero attached hydrogens (tertiary/aromatic N) is 1. The smallest absolute Gasteiger partial charge is 0.326 e. The highest BCUT2D eigenvalue weighted by Gasteiger charge is 2.48. The topological polar surface area (TPSA) is 105 Å². The van der Waals surface area contributed by atoms with E-state index < -0.39 is 42.5 Å². The summed E-state index contributed by atoms with van der Waals surface area (Å²) in [7, 11) is 0. The lowest BCUT2D eigenvalue weighted by Gasteiger charge is -2.22. The Morgan fingerprint density at radius 1 is 1.24 bits per heavy atom. The fraction of sp³-hybridized carbons (Fsp3) is 0.524. The Kier molecular flexibility index (Phi) is 7.00. The molecule has 29 heavy (non-hydrogen) atoms. The predicted octanol–water partition coefficient (Wildman–Crippen LogP) is 2.53. The van der Waals surface area contributed by atoms with E-state index >= 15 is 0 Å². The van der Waals surface area contributed by atoms with Crippen molar-refractivity contribution >= 4 is 29.5 Å². The molecule has 1 atom stereocenters. The number of ether oxygens (including phenoxy) is 1. The minimum absolute atomic E-state index is 0.381. The number of urea groups is 1. The van der Waals surface area contributed by atoms with Crippen LogP contribution in [0.3, 0.4) is 0 Å². The second-order valence-electron chi connectivity index (χ2n) is 8.04. The number of aryl methyl sites for hydroxylation is 1. The molecular formula is C21H29N3O5. The summed E-state index contributed by atoms with van der Waals surface area (Å²) in [6.45, 7) is 8.49. The number of benzene rings is 1. The Morgan fingerprint density at radius 3 is 2.59 bits per heavy atom. The van der Waals surface area contributed by atoms with Crippen LogP contribution >= 0.6 is 0 Å². The average Bonchev–Trinajstić information content (AvgIpc) is 2.86. The Labute approximate surface area is 171 Å². The minimum Gasteiger partial charge on any atom is -0.454 e. The summed E-state index contributed by atoms with van der Waals surface area (Å²) in [5, 5.41) is 5.33. The summed E-state index contributed by atoms with van der Waals surface area (Å²) in [6, 6.07) is 4.88. The maximum Gasteiger partial charge on any atom is 0.326 e. The van der Waals surface area contributed by atoms with Crippen LogP contribution in [0.25, 0.3) is 0 Å². The Hall–Kier alpha value is -2.90. The van der Waals surface area contributed by atoms with Crippen LogP contribution in [0.2, 0.25) is 0 Å². The van der Waals surface area contributed by atoms with E-state index in [2.05, 4.69) is 10.6 Å². The number of amides is 4. The molecule has 0 spiro atoms. The average molecular weight is 403 g/mol. The number of anilines is 1. The van der Waals surface area contributed by atoms with Crippen molar-refractivity contribution in [1.29, 1.82) is 0 Å². The molecule has 8 heteroatoms. The zero-order valence-electron chi connectivity index (χ0n) is 17.6. The lowest BCUT2D eigenvalue weighted by Crippen LogP contribution is -2.44. The molecule has 0 aliphatic carbocycles. The van der Waals surface area contributed by atoms with Crippen molar-refractivity contribution in [2.24, 2.45) is 5.92 Å². The summed E-state index contributed by atoms with van der Waals surface area (Å²) < 4.78 is 4.95. The largest absolute Gasteiger partial charge is 0.454 e. The normalized spacial score (nSPS) is 18.8. The Morgan fingerprint density at radius 2 is 1.93 bits per heavy atom. The third-order valence-corrected chi connectivity index (χ3v) is 5.10. The first kappa shape index (κ1) is 22.4. The van der Waals surface area contributed by atoms with Crippen molar-refractivity contribution in [3.63, 3.8) is 0 Å². The highest BCUT2D eigenvalue weighted by molar-refractivity contribution is 6.08. The molecule has 1 aromatic carbocycles. The van der Waals surface area contributed by atoms with Crippen LogP contribution in [0.4, 0.5) is 10.5 Å². The van der Waals surface area contributed by atoms with E-state index in [9.17, 15) is 19.2 Å². The van der Waals surface area contributed by atoms with Gasteiger partial charge in [0, 0.05) is 5.69 Å². The monoisotopic (exact) mass is 403 g/mol. The van der Waals surface area contributed by atoms with Crippen molar-refractivity contribution in [1.82, 2.24) is 10.2 Å². The van der Waals surface area contributed by atoms with Gasteiger partial charge in [-0.05, 0) is 56.7 Å². The molecule has 0 unspecified atom stereocenters. The third-order valence-electron chi connectivity index (χ3n) is 5.10. The number of carbonyl (C=O) groups is 4. The summed E-state index contributed by atoms with van der Waals surface area (Å²) in [6.07, 6.45) is 1.25. The first-order chi connectivity index (χ1) is 13.5. The molecule has 8 nitrogen and oxygen atoms in total. The second kappa shape index (κ2) is 9.07. The van der Waals surface area contributed by atoms with E-state index in [1.165, 1.54) is 0 Å². The maximum atomic E-state index is 12.6. The van der Waals surface area contributed by atoms with E-state index in [4.69, 9.17) is 4.74 Å². The first-order valence-electron chi connectivity index (χ1n) is 9.69. The Bertz CT molecular complexity index is 821. The van der Waals surface area contributed by atoms with Gasteiger partial charge in [0.05, 0.1) is 0 Å². The van der Waals surface area contributed by atoms with Crippen LogP contribution in [0.1, 0.15) is 44.7 Å².